The first-order chi connectivity index (χ1) is 12.0. The zero-order valence-electron chi connectivity index (χ0n) is 14.3. The van der Waals surface area contributed by atoms with Crippen LogP contribution in [-0.2, 0) is 29.4 Å². The Morgan fingerprint density at radius 3 is 2.60 bits per heavy atom. The van der Waals surface area contributed by atoms with E-state index in [1.54, 1.807) is 17.3 Å². The zero-order chi connectivity index (χ0) is 17.4. The lowest BCUT2D eigenvalue weighted by atomic mass is 10.1. The Kier molecular flexibility index (Phi) is 4.35. The second kappa shape index (κ2) is 6.51. The van der Waals surface area contributed by atoms with E-state index in [4.69, 9.17) is 4.52 Å². The highest BCUT2D eigenvalue weighted by Gasteiger charge is 2.29. The Labute approximate surface area is 147 Å². The quantitative estimate of drug-likeness (QED) is 0.817. The molecule has 4 rings (SSSR count). The standard InChI is InChI=1S/C17H22N4O3S/c1-13-18-17(19-24-13)12-20-7-9-21(10-8-20)25(22,23)16-6-5-14-3-2-4-15(14)11-16/h5-6,11H,2-4,7-10,12H2,1H3. The molecule has 0 radical (unpaired) electrons. The summed E-state index contributed by atoms with van der Waals surface area (Å²) in [5.74, 6) is 1.19. The minimum Gasteiger partial charge on any atom is -0.340 e. The Bertz CT molecular complexity index is 870. The summed E-state index contributed by atoms with van der Waals surface area (Å²) in [5.41, 5.74) is 2.48. The van der Waals surface area contributed by atoms with Gasteiger partial charge in [-0.1, -0.05) is 11.2 Å². The second-order valence-electron chi connectivity index (χ2n) is 6.69. The molecule has 1 aliphatic heterocycles. The summed E-state index contributed by atoms with van der Waals surface area (Å²) in [6, 6.07) is 5.60. The minimum atomic E-state index is -3.42. The Hall–Kier alpha value is -1.77. The molecule has 0 atom stereocenters. The predicted octanol–water partition coefficient (Wildman–Crippen LogP) is 1.37. The van der Waals surface area contributed by atoms with Crippen molar-refractivity contribution in [1.82, 2.24) is 19.3 Å². The SMILES string of the molecule is Cc1nc(CN2CCN(S(=O)(=O)c3ccc4c(c3)CCC4)CC2)no1. The maximum atomic E-state index is 12.9. The van der Waals surface area contributed by atoms with Gasteiger partial charge in [-0.25, -0.2) is 8.42 Å². The van der Waals surface area contributed by atoms with E-state index in [1.165, 1.54) is 11.1 Å². The van der Waals surface area contributed by atoms with Gasteiger partial charge in [-0.2, -0.15) is 9.29 Å². The maximum absolute atomic E-state index is 12.9. The van der Waals surface area contributed by atoms with Gasteiger partial charge >= 0.3 is 0 Å². The number of aryl methyl sites for hydroxylation is 3. The molecule has 0 saturated carbocycles. The number of hydrogen-bond donors (Lipinski definition) is 0. The average molecular weight is 362 g/mol. The van der Waals surface area contributed by atoms with Gasteiger partial charge in [0.05, 0.1) is 11.4 Å². The molecule has 0 amide bonds. The third kappa shape index (κ3) is 3.33. The predicted molar refractivity (Wildman–Crippen MR) is 91.5 cm³/mol. The molecular weight excluding hydrogens is 340 g/mol. The molecule has 2 aliphatic rings. The number of piperazine rings is 1. The Balaban J connectivity index is 1.42. The van der Waals surface area contributed by atoms with Crippen molar-refractivity contribution in [2.75, 3.05) is 26.2 Å². The third-order valence-corrected chi connectivity index (χ3v) is 6.87. The van der Waals surface area contributed by atoms with Crippen molar-refractivity contribution >= 4 is 10.0 Å². The zero-order valence-corrected chi connectivity index (χ0v) is 15.1. The van der Waals surface area contributed by atoms with E-state index in [0.717, 1.165) is 19.3 Å². The van der Waals surface area contributed by atoms with E-state index >= 15 is 0 Å². The van der Waals surface area contributed by atoms with Gasteiger partial charge in [0.15, 0.2) is 5.82 Å². The number of nitrogens with zero attached hydrogens (tertiary/aromatic N) is 4. The topological polar surface area (TPSA) is 79.5 Å². The van der Waals surface area contributed by atoms with E-state index in [2.05, 4.69) is 15.0 Å². The summed E-state index contributed by atoms with van der Waals surface area (Å²) in [4.78, 5) is 6.78. The molecule has 1 aliphatic carbocycles. The van der Waals surface area contributed by atoms with E-state index in [1.807, 2.05) is 12.1 Å². The summed E-state index contributed by atoms with van der Waals surface area (Å²) < 4.78 is 32.4. The molecule has 8 heteroatoms. The molecule has 7 nitrogen and oxygen atoms in total. The molecular formula is C17H22N4O3S. The molecule has 134 valence electrons. The summed E-state index contributed by atoms with van der Waals surface area (Å²) in [5, 5.41) is 3.90. The van der Waals surface area contributed by atoms with Gasteiger partial charge in [0, 0.05) is 33.1 Å². The lowest BCUT2D eigenvalue weighted by Gasteiger charge is -2.33. The van der Waals surface area contributed by atoms with Gasteiger partial charge in [-0.05, 0) is 42.5 Å². The molecule has 2 aromatic rings. The fourth-order valence-corrected chi connectivity index (χ4v) is 5.06. The second-order valence-corrected chi connectivity index (χ2v) is 8.63. The van der Waals surface area contributed by atoms with E-state index in [0.29, 0.717) is 49.3 Å². The van der Waals surface area contributed by atoms with Crippen LogP contribution in [0.5, 0.6) is 0 Å². The fraction of sp³-hybridized carbons (Fsp3) is 0.529. The van der Waals surface area contributed by atoms with Crippen LogP contribution < -0.4 is 0 Å². The van der Waals surface area contributed by atoms with Gasteiger partial charge in [0.1, 0.15) is 0 Å². The normalized spacial score (nSPS) is 19.2. The number of aromatic nitrogens is 2. The van der Waals surface area contributed by atoms with Gasteiger partial charge < -0.3 is 4.52 Å². The first kappa shape index (κ1) is 16.7. The number of hydrogen-bond acceptors (Lipinski definition) is 6. The van der Waals surface area contributed by atoms with Crippen molar-refractivity contribution in [3.8, 4) is 0 Å². The van der Waals surface area contributed by atoms with Crippen molar-refractivity contribution in [3.63, 3.8) is 0 Å². The van der Waals surface area contributed by atoms with Crippen molar-refractivity contribution < 1.29 is 12.9 Å². The number of fused-ring (bicyclic) bond motifs is 1. The van der Waals surface area contributed by atoms with Crippen molar-refractivity contribution in [3.05, 3.63) is 41.0 Å². The molecule has 1 aromatic heterocycles. The van der Waals surface area contributed by atoms with E-state index < -0.39 is 10.0 Å². The number of rotatable bonds is 4. The van der Waals surface area contributed by atoms with E-state index in [-0.39, 0.29) is 0 Å². The van der Waals surface area contributed by atoms with Gasteiger partial charge in [0.25, 0.3) is 0 Å². The lowest BCUT2D eigenvalue weighted by molar-refractivity contribution is 0.176. The van der Waals surface area contributed by atoms with Crippen LogP contribution in [0.15, 0.2) is 27.6 Å². The first-order valence-corrected chi connectivity index (χ1v) is 10.1. The molecule has 25 heavy (non-hydrogen) atoms. The van der Waals surface area contributed by atoms with Crippen LogP contribution in [0.3, 0.4) is 0 Å². The van der Waals surface area contributed by atoms with Gasteiger partial charge in [-0.15, -0.1) is 0 Å². The highest BCUT2D eigenvalue weighted by atomic mass is 32.2. The molecule has 0 spiro atoms. The third-order valence-electron chi connectivity index (χ3n) is 4.97. The largest absolute Gasteiger partial charge is 0.340 e. The molecule has 0 unspecified atom stereocenters. The molecule has 2 heterocycles. The van der Waals surface area contributed by atoms with Crippen LogP contribution in [0.25, 0.3) is 0 Å². The molecule has 0 N–H and O–H groups in total. The smallest absolute Gasteiger partial charge is 0.243 e. The van der Waals surface area contributed by atoms with Crippen molar-refractivity contribution in [2.24, 2.45) is 0 Å². The fourth-order valence-electron chi connectivity index (χ4n) is 3.59. The van der Waals surface area contributed by atoms with Crippen molar-refractivity contribution in [2.45, 2.75) is 37.6 Å². The molecule has 0 bridgehead atoms. The van der Waals surface area contributed by atoms with E-state index in [9.17, 15) is 8.42 Å². The number of sulfonamides is 1. The summed E-state index contributed by atoms with van der Waals surface area (Å²) in [6.45, 7) is 4.64. The lowest BCUT2D eigenvalue weighted by Crippen LogP contribution is -2.48. The maximum Gasteiger partial charge on any atom is 0.243 e. The van der Waals surface area contributed by atoms with Crippen molar-refractivity contribution in [1.29, 1.82) is 0 Å². The van der Waals surface area contributed by atoms with Crippen LogP contribution in [0, 0.1) is 6.92 Å². The molecule has 1 saturated heterocycles. The minimum absolute atomic E-state index is 0.426. The summed E-state index contributed by atoms with van der Waals surface area (Å²) >= 11 is 0. The highest BCUT2D eigenvalue weighted by molar-refractivity contribution is 7.89. The van der Waals surface area contributed by atoms with Gasteiger partial charge in [0.2, 0.25) is 15.9 Å². The van der Waals surface area contributed by atoms with Gasteiger partial charge in [-0.3, -0.25) is 4.90 Å². The molecule has 1 fully saturated rings. The highest BCUT2D eigenvalue weighted by Crippen LogP contribution is 2.26. The Morgan fingerprint density at radius 1 is 1.12 bits per heavy atom. The monoisotopic (exact) mass is 362 g/mol. The van der Waals surface area contributed by atoms with Crippen LogP contribution >= 0.6 is 0 Å². The first-order valence-electron chi connectivity index (χ1n) is 8.66. The average Bonchev–Trinajstić information content (AvgIpc) is 3.23. The molecule has 1 aromatic carbocycles. The van der Waals surface area contributed by atoms with Crippen LogP contribution in [-0.4, -0.2) is 53.9 Å². The number of benzene rings is 1. The summed E-state index contributed by atoms with van der Waals surface area (Å²) in [7, 11) is -3.42. The van der Waals surface area contributed by atoms with Crippen LogP contribution in [0.1, 0.15) is 29.3 Å². The van der Waals surface area contributed by atoms with Crippen LogP contribution in [0.4, 0.5) is 0 Å². The summed E-state index contributed by atoms with van der Waals surface area (Å²) in [6.07, 6.45) is 3.16. The Morgan fingerprint density at radius 2 is 1.88 bits per heavy atom. The van der Waals surface area contributed by atoms with Crippen LogP contribution in [0.2, 0.25) is 0 Å².